The van der Waals surface area contributed by atoms with Gasteiger partial charge in [-0.05, 0) is 78.2 Å². The quantitative estimate of drug-likeness (QED) is 0.0407. The summed E-state index contributed by atoms with van der Waals surface area (Å²) in [6.45, 7) is 12.9. The van der Waals surface area contributed by atoms with E-state index in [0.717, 1.165) is 56.3 Å². The van der Waals surface area contributed by atoms with Crippen LogP contribution >= 0.6 is 0 Å². The molecule has 0 aromatic rings. The molecule has 0 atom stereocenters. The lowest BCUT2D eigenvalue weighted by atomic mass is 10.1. The van der Waals surface area contributed by atoms with Crippen LogP contribution < -0.4 is 10.6 Å². The van der Waals surface area contributed by atoms with Crippen molar-refractivity contribution in [2.45, 2.75) is 174 Å². The maximum atomic E-state index is 11.8. The Hall–Kier alpha value is -0.786. The monoisotopic (exact) mass is 748 g/mol. The van der Waals surface area contributed by atoms with Crippen LogP contribution in [-0.2, 0) is 18.4 Å². The van der Waals surface area contributed by atoms with Gasteiger partial charge in [0.05, 0.1) is 27.7 Å². The molecule has 0 radical (unpaired) electrons. The zero-order valence-electron chi connectivity index (χ0n) is 34.9. The molecule has 0 saturated heterocycles. The Morgan fingerprint density at radius 1 is 0.540 bits per heavy atom. The smallest absolute Gasteiger partial charge is 0.219 e. The Balaban J connectivity index is -0.000000867. The van der Waals surface area contributed by atoms with E-state index in [9.17, 15) is 9.59 Å². The molecule has 2 N–H and O–H groups in total. The number of hydrogen-bond acceptors (Lipinski definition) is 5. The Kier molecular flexibility index (Phi) is 36.4. The normalized spacial score (nSPS) is 11.9. The van der Waals surface area contributed by atoms with Gasteiger partial charge in [-0.1, -0.05) is 97.3 Å². The third-order valence-electron chi connectivity index (χ3n) is 9.40. The average Bonchev–Trinajstić information content (AvgIpc) is 3.03. The molecule has 0 aliphatic heterocycles. The van der Waals surface area contributed by atoms with Crippen molar-refractivity contribution in [1.29, 1.82) is 0 Å². The summed E-state index contributed by atoms with van der Waals surface area (Å²) in [6.07, 6.45) is 23.8. The number of nitrogens with zero attached hydrogens (tertiary/aromatic N) is 2. The molecule has 0 bridgehead atoms. The number of nitrogens with one attached hydrogen (secondary N) is 2. The van der Waals surface area contributed by atoms with E-state index in [0.29, 0.717) is 12.8 Å². The number of carbonyl (C=O) groups excluding carboxylic acids is 2. The van der Waals surface area contributed by atoms with Gasteiger partial charge in [-0.3, -0.25) is 9.59 Å². The minimum atomic E-state index is -1.33. The van der Waals surface area contributed by atoms with Crippen molar-refractivity contribution in [2.24, 2.45) is 0 Å². The molecule has 0 rings (SSSR count). The number of unbranched alkanes of at least 4 members (excludes halogenated alkanes) is 14. The molecule has 2 amide bonds. The van der Waals surface area contributed by atoms with Gasteiger partial charge in [0.15, 0.2) is 16.6 Å². The second-order valence-corrected chi connectivity index (χ2v) is 25.7. The van der Waals surface area contributed by atoms with Crippen molar-refractivity contribution < 1.29 is 22.9 Å². The van der Waals surface area contributed by atoms with Crippen LogP contribution in [0.25, 0.3) is 0 Å². The summed E-state index contributed by atoms with van der Waals surface area (Å²) in [4.78, 5) is 25.6. The summed E-state index contributed by atoms with van der Waals surface area (Å²) < 4.78 is 12.1. The summed E-state index contributed by atoms with van der Waals surface area (Å²) >= 11 is 0. The molecule has 0 aromatic carbocycles. The Morgan fingerprint density at radius 3 is 1.18 bits per heavy atom. The fourth-order valence-corrected chi connectivity index (χ4v) is 8.19. The molecule has 0 aliphatic carbocycles. The summed E-state index contributed by atoms with van der Waals surface area (Å²) in [5.41, 5.74) is 0. The molecule has 10 heteroatoms. The van der Waals surface area contributed by atoms with Gasteiger partial charge in [0.1, 0.15) is 0 Å². The lowest BCUT2D eigenvalue weighted by molar-refractivity contribution is -0.870. The van der Waals surface area contributed by atoms with Gasteiger partial charge in [0.25, 0.3) is 0 Å². The van der Waals surface area contributed by atoms with Crippen LogP contribution in [0.3, 0.4) is 0 Å². The molecular weight excluding hydrogens is 657 g/mol. The van der Waals surface area contributed by atoms with Gasteiger partial charge in [0, 0.05) is 46.6 Å². The first-order chi connectivity index (χ1) is 23.0. The first-order valence-corrected chi connectivity index (χ1v) is 26.4. The Bertz CT molecular complexity index is 777. The van der Waals surface area contributed by atoms with Crippen LogP contribution in [-0.4, -0.2) is 113 Å². The van der Waals surface area contributed by atoms with Crippen LogP contribution in [0.5, 0.6) is 0 Å². The fraction of sp³-hybridized carbons (Fsp3) is 0.950. The van der Waals surface area contributed by atoms with Gasteiger partial charge >= 0.3 is 0 Å². The highest BCUT2D eigenvalue weighted by Crippen LogP contribution is 2.18. The third kappa shape index (κ3) is 43.4. The SMILES string of the molecule is C.CO[Si](C)(C)CCCCCCCCCCC(=O)NCCCN(C)C.CO[Si](C)(C)CCCCCCCCCCC(=O)NCCC[N+](C)(C)C. The van der Waals surface area contributed by atoms with Gasteiger partial charge in [-0.2, -0.15) is 0 Å². The molecule has 0 saturated carbocycles. The molecule has 8 nitrogen and oxygen atoms in total. The van der Waals surface area contributed by atoms with Crippen LogP contribution in [0.2, 0.25) is 38.3 Å². The molecule has 0 fully saturated rings. The van der Waals surface area contributed by atoms with Crippen molar-refractivity contribution in [2.75, 3.05) is 75.6 Å². The predicted octanol–water partition coefficient (Wildman–Crippen LogP) is 9.61. The van der Waals surface area contributed by atoms with Crippen LogP contribution in [0.4, 0.5) is 0 Å². The highest BCUT2D eigenvalue weighted by molar-refractivity contribution is 6.71. The van der Waals surface area contributed by atoms with Gasteiger partial charge in [-0.25, -0.2) is 0 Å². The number of quaternary nitrogens is 1. The lowest BCUT2D eigenvalue weighted by Gasteiger charge is -2.23. The van der Waals surface area contributed by atoms with Crippen molar-refractivity contribution >= 4 is 28.4 Å². The number of hydrogen-bond donors (Lipinski definition) is 2. The maximum Gasteiger partial charge on any atom is 0.219 e. The highest BCUT2D eigenvalue weighted by atomic mass is 28.4. The number of rotatable bonds is 32. The zero-order chi connectivity index (χ0) is 37.4. The van der Waals surface area contributed by atoms with E-state index in [2.05, 4.69) is 77.0 Å². The molecule has 0 aromatic heterocycles. The number of amides is 2. The van der Waals surface area contributed by atoms with E-state index in [1.165, 1.54) is 102 Å². The summed E-state index contributed by atoms with van der Waals surface area (Å²) in [7, 11) is 11.7. The molecule has 0 heterocycles. The largest absolute Gasteiger partial charge is 0.420 e. The Morgan fingerprint density at radius 2 is 0.860 bits per heavy atom. The second kappa shape index (κ2) is 34.0. The van der Waals surface area contributed by atoms with E-state index >= 15 is 0 Å². The first-order valence-electron chi connectivity index (χ1n) is 20.1. The van der Waals surface area contributed by atoms with Crippen molar-refractivity contribution in [1.82, 2.24) is 15.5 Å². The van der Waals surface area contributed by atoms with E-state index in [4.69, 9.17) is 8.85 Å². The van der Waals surface area contributed by atoms with Gasteiger partial charge < -0.3 is 28.9 Å². The van der Waals surface area contributed by atoms with Gasteiger partial charge in [0.2, 0.25) is 11.8 Å². The summed E-state index contributed by atoms with van der Waals surface area (Å²) in [5.74, 6) is 0.449. The zero-order valence-corrected chi connectivity index (χ0v) is 36.9. The first kappa shape index (κ1) is 53.6. The summed E-state index contributed by atoms with van der Waals surface area (Å²) in [6, 6.07) is 2.57. The summed E-state index contributed by atoms with van der Waals surface area (Å²) in [5, 5.41) is 6.05. The van der Waals surface area contributed by atoms with Crippen molar-refractivity contribution in [3.05, 3.63) is 0 Å². The van der Waals surface area contributed by atoms with Crippen LogP contribution in [0.15, 0.2) is 0 Å². The van der Waals surface area contributed by atoms with Crippen LogP contribution in [0, 0.1) is 0 Å². The molecule has 50 heavy (non-hydrogen) atoms. The molecule has 0 unspecified atom stereocenters. The molecular formula is C40H91N4O4Si2+. The third-order valence-corrected chi connectivity index (χ3v) is 14.7. The van der Waals surface area contributed by atoms with Crippen LogP contribution in [0.1, 0.15) is 136 Å². The Labute approximate surface area is 315 Å². The molecule has 0 spiro atoms. The van der Waals surface area contributed by atoms with E-state index in [1.807, 2.05) is 14.2 Å². The lowest BCUT2D eigenvalue weighted by Crippen LogP contribution is -2.37. The standard InChI is InChI=1S/C20H44N2O2Si.C19H42N2O2Si.CH4/c1-22(2,3)18-15-17-21-20(23)16-13-11-9-7-8-10-12-14-19-25(5,6)24-4;1-21(2)17-14-16-20-19(22)15-12-10-8-6-7-9-11-13-18-24(4,5)23-3;/h7-19H2,1-6H3;6-18H2,1-5H3,(H,20,22);1H4/p+1. The fourth-order valence-electron chi connectivity index (χ4n) is 5.58. The molecule has 302 valence electrons. The van der Waals surface area contributed by atoms with Crippen molar-refractivity contribution in [3.8, 4) is 0 Å². The van der Waals surface area contributed by atoms with E-state index in [1.54, 1.807) is 0 Å². The maximum absolute atomic E-state index is 11.8. The number of carbonyl (C=O) groups is 2. The van der Waals surface area contributed by atoms with Crippen molar-refractivity contribution in [3.63, 3.8) is 0 Å². The predicted molar refractivity (Wildman–Crippen MR) is 225 cm³/mol. The average molecular weight is 748 g/mol. The second-order valence-electron chi connectivity index (χ2n) is 16.8. The topological polar surface area (TPSA) is 79.9 Å². The van der Waals surface area contributed by atoms with E-state index < -0.39 is 16.6 Å². The highest BCUT2D eigenvalue weighted by Gasteiger charge is 2.20. The minimum absolute atomic E-state index is 0. The minimum Gasteiger partial charge on any atom is -0.420 e. The van der Waals surface area contributed by atoms with E-state index in [-0.39, 0.29) is 19.2 Å². The molecule has 0 aliphatic rings. The van der Waals surface area contributed by atoms with Gasteiger partial charge in [-0.15, -0.1) is 0 Å².